The van der Waals surface area contributed by atoms with Gasteiger partial charge >= 0.3 is 0 Å². The summed E-state index contributed by atoms with van der Waals surface area (Å²) in [6.07, 6.45) is 7.46. The Hall–Kier alpha value is -0.0800. The summed E-state index contributed by atoms with van der Waals surface area (Å²) in [6.45, 7) is 6.98. The van der Waals surface area contributed by atoms with E-state index in [0.717, 1.165) is 18.9 Å². The van der Waals surface area contributed by atoms with E-state index in [-0.39, 0.29) is 0 Å². The molecule has 1 aliphatic rings. The minimum atomic E-state index is -0.526. The van der Waals surface area contributed by atoms with Crippen molar-refractivity contribution in [2.24, 2.45) is 5.92 Å². The lowest BCUT2D eigenvalue weighted by atomic mass is 9.84. The SMILES string of the molecule is CCC1CCC(NCC(C)(O)CC)CC1. The Labute approximate surface area is 94.5 Å². The lowest BCUT2D eigenvalue weighted by Crippen LogP contribution is -2.43. The third-order valence-corrected chi connectivity index (χ3v) is 3.96. The monoisotopic (exact) mass is 213 g/mol. The first-order valence-electron chi connectivity index (χ1n) is 6.53. The number of hydrogen-bond acceptors (Lipinski definition) is 2. The molecule has 1 fully saturated rings. The summed E-state index contributed by atoms with van der Waals surface area (Å²) in [7, 11) is 0. The summed E-state index contributed by atoms with van der Waals surface area (Å²) in [6, 6.07) is 0.644. The average Bonchev–Trinajstić information content (AvgIpc) is 2.27. The molecule has 0 radical (unpaired) electrons. The van der Waals surface area contributed by atoms with Gasteiger partial charge in [-0.1, -0.05) is 20.3 Å². The predicted molar refractivity (Wildman–Crippen MR) is 65.0 cm³/mol. The van der Waals surface area contributed by atoms with Crippen molar-refractivity contribution in [1.82, 2.24) is 5.32 Å². The van der Waals surface area contributed by atoms with Gasteiger partial charge in [-0.3, -0.25) is 0 Å². The Balaban J connectivity index is 2.19. The summed E-state index contributed by atoms with van der Waals surface area (Å²) in [4.78, 5) is 0. The minimum absolute atomic E-state index is 0.526. The number of aliphatic hydroxyl groups is 1. The van der Waals surface area contributed by atoms with E-state index in [0.29, 0.717) is 6.04 Å². The molecule has 0 aromatic heterocycles. The third kappa shape index (κ3) is 4.52. The van der Waals surface area contributed by atoms with Gasteiger partial charge in [0.2, 0.25) is 0 Å². The fraction of sp³-hybridized carbons (Fsp3) is 1.00. The Morgan fingerprint density at radius 3 is 2.27 bits per heavy atom. The van der Waals surface area contributed by atoms with Crippen molar-refractivity contribution in [3.63, 3.8) is 0 Å². The van der Waals surface area contributed by atoms with Crippen molar-refractivity contribution in [3.05, 3.63) is 0 Å². The summed E-state index contributed by atoms with van der Waals surface area (Å²) in [5.74, 6) is 0.953. The molecule has 0 aliphatic heterocycles. The van der Waals surface area contributed by atoms with Gasteiger partial charge in [-0.2, -0.15) is 0 Å². The quantitative estimate of drug-likeness (QED) is 0.736. The smallest absolute Gasteiger partial charge is 0.0741 e. The zero-order valence-corrected chi connectivity index (χ0v) is 10.6. The molecule has 1 atom stereocenters. The molecule has 0 bridgehead atoms. The van der Waals surface area contributed by atoms with E-state index in [1.807, 2.05) is 13.8 Å². The van der Waals surface area contributed by atoms with Crippen molar-refractivity contribution in [3.8, 4) is 0 Å². The van der Waals surface area contributed by atoms with E-state index < -0.39 is 5.60 Å². The zero-order valence-electron chi connectivity index (χ0n) is 10.6. The average molecular weight is 213 g/mol. The highest BCUT2D eigenvalue weighted by Gasteiger charge is 2.23. The molecular weight excluding hydrogens is 186 g/mol. The van der Waals surface area contributed by atoms with E-state index in [9.17, 15) is 5.11 Å². The van der Waals surface area contributed by atoms with Crippen LogP contribution in [0.2, 0.25) is 0 Å². The number of hydrogen-bond donors (Lipinski definition) is 2. The molecule has 0 aromatic carbocycles. The first kappa shape index (κ1) is 13.0. The summed E-state index contributed by atoms with van der Waals surface area (Å²) in [5.41, 5.74) is -0.526. The minimum Gasteiger partial charge on any atom is -0.389 e. The second-order valence-electron chi connectivity index (χ2n) is 5.36. The van der Waals surface area contributed by atoms with Gasteiger partial charge in [0.05, 0.1) is 5.60 Å². The molecule has 2 N–H and O–H groups in total. The molecule has 1 rings (SSSR count). The molecule has 0 aromatic rings. The molecule has 1 aliphatic carbocycles. The number of nitrogens with one attached hydrogen (secondary N) is 1. The van der Waals surface area contributed by atoms with Gasteiger partial charge in [0.25, 0.3) is 0 Å². The molecule has 1 unspecified atom stereocenters. The van der Waals surface area contributed by atoms with Crippen molar-refractivity contribution >= 4 is 0 Å². The van der Waals surface area contributed by atoms with Crippen LogP contribution < -0.4 is 5.32 Å². The largest absolute Gasteiger partial charge is 0.389 e. The van der Waals surface area contributed by atoms with E-state index in [4.69, 9.17) is 0 Å². The van der Waals surface area contributed by atoms with Gasteiger partial charge in [0, 0.05) is 12.6 Å². The molecule has 2 heteroatoms. The highest BCUT2D eigenvalue weighted by molar-refractivity contribution is 4.81. The Bertz CT molecular complexity index is 171. The zero-order chi connectivity index (χ0) is 11.3. The summed E-state index contributed by atoms with van der Waals surface area (Å²) in [5, 5.41) is 13.4. The van der Waals surface area contributed by atoms with Crippen molar-refractivity contribution in [2.45, 2.75) is 70.9 Å². The predicted octanol–water partition coefficient (Wildman–Crippen LogP) is 2.71. The molecule has 2 nitrogen and oxygen atoms in total. The first-order chi connectivity index (χ1) is 7.07. The Kier molecular flexibility index (Phi) is 5.07. The second-order valence-corrected chi connectivity index (χ2v) is 5.36. The van der Waals surface area contributed by atoms with Gasteiger partial charge in [-0.25, -0.2) is 0 Å². The van der Waals surface area contributed by atoms with E-state index in [1.165, 1.54) is 32.1 Å². The number of rotatable bonds is 5. The van der Waals surface area contributed by atoms with Gasteiger partial charge in [-0.05, 0) is 44.9 Å². The van der Waals surface area contributed by atoms with Crippen molar-refractivity contribution in [1.29, 1.82) is 0 Å². The fourth-order valence-corrected chi connectivity index (χ4v) is 2.26. The van der Waals surface area contributed by atoms with Crippen LogP contribution in [0.1, 0.15) is 59.3 Å². The van der Waals surface area contributed by atoms with E-state index in [1.54, 1.807) is 0 Å². The Morgan fingerprint density at radius 2 is 1.80 bits per heavy atom. The lowest BCUT2D eigenvalue weighted by molar-refractivity contribution is 0.0505. The summed E-state index contributed by atoms with van der Waals surface area (Å²) < 4.78 is 0. The standard InChI is InChI=1S/C13H27NO/c1-4-11-6-8-12(9-7-11)14-10-13(3,15)5-2/h11-12,14-15H,4-10H2,1-3H3. The van der Waals surface area contributed by atoms with E-state index in [2.05, 4.69) is 12.2 Å². The molecule has 0 amide bonds. The highest BCUT2D eigenvalue weighted by Crippen LogP contribution is 2.26. The highest BCUT2D eigenvalue weighted by atomic mass is 16.3. The third-order valence-electron chi connectivity index (χ3n) is 3.96. The van der Waals surface area contributed by atoms with E-state index >= 15 is 0 Å². The van der Waals surface area contributed by atoms with Crippen LogP contribution in [0.4, 0.5) is 0 Å². The molecular formula is C13H27NO. The van der Waals surface area contributed by atoms with Crippen LogP contribution in [0.5, 0.6) is 0 Å². The van der Waals surface area contributed by atoms with Crippen LogP contribution in [0.3, 0.4) is 0 Å². The molecule has 1 saturated carbocycles. The van der Waals surface area contributed by atoms with Crippen LogP contribution in [-0.2, 0) is 0 Å². The fourth-order valence-electron chi connectivity index (χ4n) is 2.26. The first-order valence-corrected chi connectivity index (χ1v) is 6.53. The lowest BCUT2D eigenvalue weighted by Gasteiger charge is -2.31. The molecule has 15 heavy (non-hydrogen) atoms. The van der Waals surface area contributed by atoms with Crippen LogP contribution in [-0.4, -0.2) is 23.3 Å². The van der Waals surface area contributed by atoms with Crippen molar-refractivity contribution < 1.29 is 5.11 Å². The Morgan fingerprint density at radius 1 is 1.20 bits per heavy atom. The molecule has 0 heterocycles. The second kappa shape index (κ2) is 5.86. The van der Waals surface area contributed by atoms with Crippen LogP contribution in [0, 0.1) is 5.92 Å². The maximum Gasteiger partial charge on any atom is 0.0741 e. The van der Waals surface area contributed by atoms with Gasteiger partial charge < -0.3 is 10.4 Å². The maximum absolute atomic E-state index is 9.89. The topological polar surface area (TPSA) is 32.3 Å². The van der Waals surface area contributed by atoms with Crippen LogP contribution in [0.15, 0.2) is 0 Å². The van der Waals surface area contributed by atoms with Crippen molar-refractivity contribution in [2.75, 3.05) is 6.54 Å². The molecule has 0 spiro atoms. The van der Waals surface area contributed by atoms with Gasteiger partial charge in [0.1, 0.15) is 0 Å². The maximum atomic E-state index is 9.89. The van der Waals surface area contributed by atoms with Gasteiger partial charge in [-0.15, -0.1) is 0 Å². The molecule has 90 valence electrons. The normalized spacial score (nSPS) is 31.2. The summed E-state index contributed by atoms with van der Waals surface area (Å²) >= 11 is 0. The van der Waals surface area contributed by atoms with Crippen LogP contribution >= 0.6 is 0 Å². The van der Waals surface area contributed by atoms with Crippen LogP contribution in [0.25, 0.3) is 0 Å². The van der Waals surface area contributed by atoms with Gasteiger partial charge in [0.15, 0.2) is 0 Å². The molecule has 0 saturated heterocycles.